The van der Waals surface area contributed by atoms with E-state index in [1.807, 2.05) is 43.2 Å². The molecular weight excluding hydrogens is 439 g/mol. The number of aromatic nitrogens is 3. The molecule has 0 amide bonds. The number of para-hydroxylation sites is 1. The molecule has 3 rings (SSSR count). The Bertz CT molecular complexity index is 837. The van der Waals surface area contributed by atoms with E-state index in [1.165, 1.54) is 11.3 Å². The molecule has 0 radical (unpaired) electrons. The first-order valence-electron chi connectivity index (χ1n) is 8.29. The highest BCUT2D eigenvalue weighted by Crippen LogP contribution is 2.13. The lowest BCUT2D eigenvalue weighted by Gasteiger charge is -2.23. The highest BCUT2D eigenvalue weighted by molar-refractivity contribution is 14.0. The van der Waals surface area contributed by atoms with E-state index in [4.69, 9.17) is 0 Å². The Hall–Kier alpha value is -2.29. The molecule has 0 atom stereocenters. The summed E-state index contributed by atoms with van der Waals surface area (Å²) < 4.78 is 4.00. The van der Waals surface area contributed by atoms with Crippen LogP contribution in [0, 0.1) is 0 Å². The average Bonchev–Trinajstić information content (AvgIpc) is 3.28. The largest absolute Gasteiger partial charge is 0.353 e. The van der Waals surface area contributed by atoms with Crippen LogP contribution in [0.15, 0.2) is 66.0 Å². The molecular formula is C19H25IN6. The van der Waals surface area contributed by atoms with Gasteiger partial charge in [0.15, 0.2) is 5.96 Å². The van der Waals surface area contributed by atoms with Crippen LogP contribution in [0.5, 0.6) is 0 Å². The zero-order valence-electron chi connectivity index (χ0n) is 15.3. The van der Waals surface area contributed by atoms with E-state index in [9.17, 15) is 0 Å². The highest BCUT2D eigenvalue weighted by atomic mass is 127. The number of guanidine groups is 1. The molecule has 2 heterocycles. The molecule has 1 N–H and O–H groups in total. The van der Waals surface area contributed by atoms with Crippen LogP contribution in [0.4, 0.5) is 0 Å². The third-order valence-electron chi connectivity index (χ3n) is 4.20. The second kappa shape index (κ2) is 9.42. The van der Waals surface area contributed by atoms with Gasteiger partial charge in [-0.3, -0.25) is 4.99 Å². The van der Waals surface area contributed by atoms with Gasteiger partial charge in [0.1, 0.15) is 0 Å². The van der Waals surface area contributed by atoms with E-state index >= 15 is 0 Å². The lowest BCUT2D eigenvalue weighted by Crippen LogP contribution is -2.38. The molecule has 6 nitrogen and oxygen atoms in total. The van der Waals surface area contributed by atoms with Gasteiger partial charge < -0.3 is 14.8 Å². The van der Waals surface area contributed by atoms with Crippen molar-refractivity contribution < 1.29 is 0 Å². The van der Waals surface area contributed by atoms with Crippen molar-refractivity contribution in [1.82, 2.24) is 24.6 Å². The van der Waals surface area contributed by atoms with Crippen molar-refractivity contribution in [2.24, 2.45) is 12.0 Å². The minimum absolute atomic E-state index is 0. The summed E-state index contributed by atoms with van der Waals surface area (Å²) in [7, 11) is 5.91. The molecule has 0 aliphatic rings. The Kier molecular flexibility index (Phi) is 7.26. The lowest BCUT2D eigenvalue weighted by atomic mass is 10.2. The van der Waals surface area contributed by atoms with Gasteiger partial charge >= 0.3 is 0 Å². The first-order chi connectivity index (χ1) is 12.2. The zero-order chi connectivity index (χ0) is 17.6. The van der Waals surface area contributed by atoms with Gasteiger partial charge in [-0.2, -0.15) is 5.10 Å². The molecule has 0 aliphatic carbocycles. The molecule has 0 saturated carbocycles. The van der Waals surface area contributed by atoms with E-state index in [1.54, 1.807) is 6.20 Å². The topological polar surface area (TPSA) is 50.4 Å². The van der Waals surface area contributed by atoms with Gasteiger partial charge in [0.25, 0.3) is 0 Å². The Morgan fingerprint density at radius 2 is 1.96 bits per heavy atom. The number of nitrogens with zero attached hydrogens (tertiary/aromatic N) is 5. The predicted molar refractivity (Wildman–Crippen MR) is 116 cm³/mol. The zero-order valence-corrected chi connectivity index (χ0v) is 17.7. The molecule has 0 aliphatic heterocycles. The van der Waals surface area contributed by atoms with Crippen LogP contribution >= 0.6 is 24.0 Å². The normalized spacial score (nSPS) is 11.1. The standard InChI is InChI=1S/C19H24N6.HI/c1-20-19(24(3)15-17-9-6-12-23(17)2)21-14-16-8-4-5-10-18(16)25-13-7-11-22-25;/h4-13H,14-15H2,1-3H3,(H,20,21);1H. The fraction of sp³-hybridized carbons (Fsp3) is 0.263. The smallest absolute Gasteiger partial charge is 0.194 e. The molecule has 0 bridgehead atoms. The number of nitrogens with one attached hydrogen (secondary N) is 1. The van der Waals surface area contributed by atoms with E-state index in [0.29, 0.717) is 6.54 Å². The molecule has 138 valence electrons. The fourth-order valence-corrected chi connectivity index (χ4v) is 2.83. The number of hydrogen-bond donors (Lipinski definition) is 1. The van der Waals surface area contributed by atoms with Crippen LogP contribution < -0.4 is 5.32 Å². The van der Waals surface area contributed by atoms with Crippen LogP contribution in [-0.4, -0.2) is 39.3 Å². The van der Waals surface area contributed by atoms with Crippen LogP contribution in [0.1, 0.15) is 11.3 Å². The first-order valence-corrected chi connectivity index (χ1v) is 8.29. The van der Waals surface area contributed by atoms with E-state index in [0.717, 1.165) is 18.2 Å². The second-order valence-corrected chi connectivity index (χ2v) is 5.95. The quantitative estimate of drug-likeness (QED) is 0.359. The minimum Gasteiger partial charge on any atom is -0.353 e. The third kappa shape index (κ3) is 4.66. The third-order valence-corrected chi connectivity index (χ3v) is 4.20. The van der Waals surface area contributed by atoms with E-state index in [2.05, 4.69) is 62.4 Å². The Balaban J connectivity index is 0.00000243. The summed E-state index contributed by atoms with van der Waals surface area (Å²) in [5.41, 5.74) is 3.47. The number of hydrogen-bond acceptors (Lipinski definition) is 2. The summed E-state index contributed by atoms with van der Waals surface area (Å²) in [6.07, 6.45) is 5.80. The van der Waals surface area contributed by atoms with Gasteiger partial charge in [-0.1, -0.05) is 18.2 Å². The summed E-state index contributed by atoms with van der Waals surface area (Å²) in [4.78, 5) is 6.52. The number of benzene rings is 1. The molecule has 0 saturated heterocycles. The summed E-state index contributed by atoms with van der Waals surface area (Å²) in [6.45, 7) is 1.48. The average molecular weight is 464 g/mol. The lowest BCUT2D eigenvalue weighted by molar-refractivity contribution is 0.461. The van der Waals surface area contributed by atoms with Crippen LogP contribution in [0.25, 0.3) is 5.69 Å². The van der Waals surface area contributed by atoms with Crippen molar-refractivity contribution in [2.45, 2.75) is 13.1 Å². The Morgan fingerprint density at radius 1 is 1.15 bits per heavy atom. The minimum atomic E-state index is 0. The first kappa shape index (κ1) is 20.0. The van der Waals surface area contributed by atoms with Crippen molar-refractivity contribution in [2.75, 3.05) is 14.1 Å². The van der Waals surface area contributed by atoms with Crippen molar-refractivity contribution in [3.63, 3.8) is 0 Å². The van der Waals surface area contributed by atoms with Crippen molar-refractivity contribution >= 4 is 29.9 Å². The maximum atomic E-state index is 4.41. The number of rotatable bonds is 5. The van der Waals surface area contributed by atoms with Crippen LogP contribution in [-0.2, 0) is 20.1 Å². The SMILES string of the molecule is CN=C(NCc1ccccc1-n1cccn1)N(C)Cc1cccn1C.I. The van der Waals surface area contributed by atoms with Crippen molar-refractivity contribution in [3.05, 3.63) is 72.3 Å². The van der Waals surface area contributed by atoms with Gasteiger partial charge in [0.05, 0.1) is 12.2 Å². The van der Waals surface area contributed by atoms with Gasteiger partial charge in [0.2, 0.25) is 0 Å². The maximum absolute atomic E-state index is 4.41. The van der Waals surface area contributed by atoms with Gasteiger partial charge in [-0.25, -0.2) is 4.68 Å². The van der Waals surface area contributed by atoms with Crippen molar-refractivity contribution in [3.8, 4) is 5.69 Å². The van der Waals surface area contributed by atoms with Crippen molar-refractivity contribution in [1.29, 1.82) is 0 Å². The predicted octanol–water partition coefficient (Wildman–Crippen LogP) is 3.04. The monoisotopic (exact) mass is 464 g/mol. The number of aryl methyl sites for hydroxylation is 1. The molecule has 26 heavy (non-hydrogen) atoms. The Labute approximate surface area is 171 Å². The summed E-state index contributed by atoms with van der Waals surface area (Å²) in [5, 5.41) is 7.78. The summed E-state index contributed by atoms with van der Waals surface area (Å²) in [5.74, 6) is 0.858. The molecule has 0 fully saturated rings. The van der Waals surface area contributed by atoms with Gasteiger partial charge in [0, 0.05) is 52.0 Å². The fourth-order valence-electron chi connectivity index (χ4n) is 2.83. The summed E-state index contributed by atoms with van der Waals surface area (Å²) >= 11 is 0. The number of halogens is 1. The van der Waals surface area contributed by atoms with E-state index < -0.39 is 0 Å². The molecule has 2 aromatic heterocycles. The molecule has 7 heteroatoms. The molecule has 3 aromatic rings. The maximum Gasteiger partial charge on any atom is 0.194 e. The van der Waals surface area contributed by atoms with E-state index in [-0.39, 0.29) is 24.0 Å². The van der Waals surface area contributed by atoms with Crippen LogP contribution in [0.2, 0.25) is 0 Å². The Morgan fingerprint density at radius 3 is 2.62 bits per heavy atom. The summed E-state index contributed by atoms with van der Waals surface area (Å²) in [6, 6.07) is 14.3. The molecule has 0 spiro atoms. The second-order valence-electron chi connectivity index (χ2n) is 5.95. The van der Waals surface area contributed by atoms with Gasteiger partial charge in [-0.15, -0.1) is 24.0 Å². The highest BCUT2D eigenvalue weighted by Gasteiger charge is 2.10. The van der Waals surface area contributed by atoms with Gasteiger partial charge in [-0.05, 0) is 29.8 Å². The molecule has 1 aromatic carbocycles. The molecule has 0 unspecified atom stereocenters. The van der Waals surface area contributed by atoms with Crippen LogP contribution in [0.3, 0.4) is 0 Å². The number of aliphatic imine (C=N–C) groups is 1.